The predicted octanol–water partition coefficient (Wildman–Crippen LogP) is 1.76. The van der Waals surface area contributed by atoms with Crippen LogP contribution in [0.1, 0.15) is 40.0 Å². The first-order valence-electron chi connectivity index (χ1n) is 6.29. The average Bonchev–Trinajstić information content (AvgIpc) is 2.42. The summed E-state index contributed by atoms with van der Waals surface area (Å²) < 4.78 is 4.55. The van der Waals surface area contributed by atoms with E-state index in [1.54, 1.807) is 0 Å². The van der Waals surface area contributed by atoms with Crippen molar-refractivity contribution in [2.24, 2.45) is 5.92 Å². The van der Waals surface area contributed by atoms with Gasteiger partial charge in [-0.3, -0.25) is 9.59 Å². The zero-order valence-corrected chi connectivity index (χ0v) is 11.8. The van der Waals surface area contributed by atoms with Gasteiger partial charge in [0.1, 0.15) is 5.60 Å². The highest BCUT2D eigenvalue weighted by Gasteiger charge is 2.20. The van der Waals surface area contributed by atoms with E-state index in [-0.39, 0.29) is 11.5 Å². The van der Waals surface area contributed by atoms with Gasteiger partial charge < -0.3 is 14.7 Å². The Bertz CT molecular complexity index is 260. The van der Waals surface area contributed by atoms with Gasteiger partial charge in [0, 0.05) is 0 Å². The molecule has 18 heavy (non-hydrogen) atoms. The number of likely N-dealkylation sites (tertiary alicyclic amines) is 1. The van der Waals surface area contributed by atoms with Crippen LogP contribution in [0.25, 0.3) is 0 Å². The van der Waals surface area contributed by atoms with Gasteiger partial charge in [0.2, 0.25) is 0 Å². The van der Waals surface area contributed by atoms with Gasteiger partial charge in [0.15, 0.2) is 0 Å². The number of carbonyl (C=O) groups is 2. The molecule has 1 rings (SSSR count). The van der Waals surface area contributed by atoms with Gasteiger partial charge >= 0.3 is 5.97 Å². The van der Waals surface area contributed by atoms with Gasteiger partial charge in [-0.1, -0.05) is 0 Å². The standard InChI is InChI=1S/C8H15NO2.C5H10O2/c1-9-5-2-3-7(4-6-9)8(10)11;1-5(2,3)7-4-6/h7H,2-6H2,1H3,(H,10,11);4H,1-3H3. The van der Waals surface area contributed by atoms with Gasteiger partial charge in [-0.05, 0) is 60.2 Å². The van der Waals surface area contributed by atoms with E-state index in [0.717, 1.165) is 32.4 Å². The normalized spacial score (nSPS) is 21.2. The van der Waals surface area contributed by atoms with Crippen molar-refractivity contribution >= 4 is 12.4 Å². The first-order valence-corrected chi connectivity index (χ1v) is 6.29. The highest BCUT2D eigenvalue weighted by molar-refractivity contribution is 5.69. The molecule has 1 unspecified atom stereocenters. The fraction of sp³-hybridized carbons (Fsp3) is 0.846. The van der Waals surface area contributed by atoms with Crippen molar-refractivity contribution in [1.29, 1.82) is 0 Å². The topological polar surface area (TPSA) is 66.8 Å². The summed E-state index contributed by atoms with van der Waals surface area (Å²) in [5.74, 6) is -0.722. The minimum atomic E-state index is -0.625. The summed E-state index contributed by atoms with van der Waals surface area (Å²) in [6, 6.07) is 0. The Morgan fingerprint density at radius 2 is 1.94 bits per heavy atom. The minimum Gasteiger partial charge on any atom is -0.481 e. The average molecular weight is 259 g/mol. The Kier molecular flexibility index (Phi) is 7.59. The third kappa shape index (κ3) is 8.98. The second-order valence-electron chi connectivity index (χ2n) is 5.60. The monoisotopic (exact) mass is 259 g/mol. The van der Waals surface area contributed by atoms with Crippen molar-refractivity contribution in [3.8, 4) is 0 Å². The van der Waals surface area contributed by atoms with Crippen LogP contribution in [-0.2, 0) is 14.3 Å². The highest BCUT2D eigenvalue weighted by Crippen LogP contribution is 2.16. The molecule has 0 aromatic rings. The lowest BCUT2D eigenvalue weighted by molar-refractivity contribution is -0.142. The summed E-state index contributed by atoms with van der Waals surface area (Å²) >= 11 is 0. The zero-order chi connectivity index (χ0) is 14.2. The molecule has 1 fully saturated rings. The van der Waals surface area contributed by atoms with Gasteiger partial charge in [-0.15, -0.1) is 0 Å². The molecular weight excluding hydrogens is 234 g/mol. The first kappa shape index (κ1) is 16.9. The Balaban J connectivity index is 0.000000360. The fourth-order valence-corrected chi connectivity index (χ4v) is 1.63. The summed E-state index contributed by atoms with van der Waals surface area (Å²) in [5.41, 5.74) is -0.318. The van der Waals surface area contributed by atoms with Crippen molar-refractivity contribution in [3.05, 3.63) is 0 Å². The fourth-order valence-electron chi connectivity index (χ4n) is 1.63. The first-order chi connectivity index (χ1) is 8.26. The molecule has 1 saturated heterocycles. The van der Waals surface area contributed by atoms with Crippen LogP contribution in [0.4, 0.5) is 0 Å². The van der Waals surface area contributed by atoms with Crippen molar-refractivity contribution in [3.63, 3.8) is 0 Å². The van der Waals surface area contributed by atoms with E-state index >= 15 is 0 Å². The van der Waals surface area contributed by atoms with Crippen LogP contribution < -0.4 is 0 Å². The van der Waals surface area contributed by atoms with Crippen LogP contribution in [0.2, 0.25) is 0 Å². The Morgan fingerprint density at radius 3 is 2.33 bits per heavy atom. The number of carboxylic acids is 1. The van der Waals surface area contributed by atoms with Crippen LogP contribution >= 0.6 is 0 Å². The molecule has 0 radical (unpaired) electrons. The Hall–Kier alpha value is -1.10. The molecule has 0 spiro atoms. The third-order valence-electron chi connectivity index (χ3n) is 2.70. The van der Waals surface area contributed by atoms with E-state index < -0.39 is 5.97 Å². The number of ether oxygens (including phenoxy) is 1. The maximum absolute atomic E-state index is 10.6. The summed E-state index contributed by atoms with van der Waals surface area (Å²) in [5, 5.41) is 8.73. The molecular formula is C13H25NO4. The van der Waals surface area contributed by atoms with Crippen LogP contribution in [0, 0.1) is 5.92 Å². The van der Waals surface area contributed by atoms with Crippen LogP contribution in [-0.4, -0.2) is 48.2 Å². The SMILES string of the molecule is CC(C)(C)OC=O.CN1CCCC(C(=O)O)CC1. The number of aliphatic carboxylic acids is 1. The molecule has 5 nitrogen and oxygen atoms in total. The molecule has 106 valence electrons. The maximum Gasteiger partial charge on any atom is 0.306 e. The maximum atomic E-state index is 10.6. The smallest absolute Gasteiger partial charge is 0.306 e. The molecule has 5 heteroatoms. The second kappa shape index (κ2) is 8.08. The number of hydrogen-bond donors (Lipinski definition) is 1. The molecule has 1 atom stereocenters. The molecule has 1 aliphatic rings. The number of carbonyl (C=O) groups excluding carboxylic acids is 1. The number of hydrogen-bond acceptors (Lipinski definition) is 4. The summed E-state index contributed by atoms with van der Waals surface area (Å²) in [6.45, 7) is 7.89. The number of carboxylic acid groups (broad SMARTS) is 1. The highest BCUT2D eigenvalue weighted by atomic mass is 16.5. The number of rotatable bonds is 2. The lowest BCUT2D eigenvalue weighted by atomic mass is 10.0. The van der Waals surface area contributed by atoms with E-state index in [0.29, 0.717) is 6.47 Å². The van der Waals surface area contributed by atoms with E-state index in [1.165, 1.54) is 0 Å². The lowest BCUT2D eigenvalue weighted by Crippen LogP contribution is -2.20. The predicted molar refractivity (Wildman–Crippen MR) is 69.4 cm³/mol. The molecule has 0 saturated carbocycles. The summed E-state index contributed by atoms with van der Waals surface area (Å²) in [7, 11) is 2.05. The molecule has 1 heterocycles. The van der Waals surface area contributed by atoms with Gasteiger partial charge in [0.05, 0.1) is 5.92 Å². The van der Waals surface area contributed by atoms with Crippen LogP contribution in [0.5, 0.6) is 0 Å². The van der Waals surface area contributed by atoms with E-state index in [1.807, 2.05) is 27.8 Å². The number of nitrogens with zero attached hydrogens (tertiary/aromatic N) is 1. The van der Waals surface area contributed by atoms with E-state index in [4.69, 9.17) is 5.11 Å². The molecule has 1 aliphatic heterocycles. The van der Waals surface area contributed by atoms with Crippen molar-refractivity contribution in [1.82, 2.24) is 4.90 Å². The van der Waals surface area contributed by atoms with Crippen molar-refractivity contribution in [2.45, 2.75) is 45.6 Å². The largest absolute Gasteiger partial charge is 0.481 e. The molecule has 1 N–H and O–H groups in total. The van der Waals surface area contributed by atoms with Crippen LogP contribution in [0.3, 0.4) is 0 Å². The third-order valence-corrected chi connectivity index (χ3v) is 2.70. The molecule has 0 aliphatic carbocycles. The Labute approximate surface area is 109 Å². The Morgan fingerprint density at radius 1 is 1.33 bits per heavy atom. The summed E-state index contributed by atoms with van der Waals surface area (Å²) in [4.78, 5) is 22.4. The van der Waals surface area contributed by atoms with Crippen molar-refractivity contribution in [2.75, 3.05) is 20.1 Å². The van der Waals surface area contributed by atoms with E-state index in [2.05, 4.69) is 9.64 Å². The molecule has 0 bridgehead atoms. The molecule has 0 aromatic heterocycles. The van der Waals surface area contributed by atoms with Gasteiger partial charge in [-0.2, -0.15) is 0 Å². The van der Waals surface area contributed by atoms with E-state index in [9.17, 15) is 9.59 Å². The van der Waals surface area contributed by atoms with Crippen molar-refractivity contribution < 1.29 is 19.4 Å². The quantitative estimate of drug-likeness (QED) is 0.765. The van der Waals surface area contributed by atoms with Gasteiger partial charge in [-0.25, -0.2) is 0 Å². The lowest BCUT2D eigenvalue weighted by Gasteiger charge is -2.14. The zero-order valence-electron chi connectivity index (χ0n) is 11.8. The van der Waals surface area contributed by atoms with Crippen LogP contribution in [0.15, 0.2) is 0 Å². The minimum absolute atomic E-state index is 0.0973. The summed E-state index contributed by atoms with van der Waals surface area (Å²) in [6.07, 6.45) is 2.68. The molecule has 0 aromatic carbocycles. The van der Waals surface area contributed by atoms with Gasteiger partial charge in [0.25, 0.3) is 6.47 Å². The second-order valence-corrected chi connectivity index (χ2v) is 5.60. The molecule has 0 amide bonds.